The zero-order valence-corrected chi connectivity index (χ0v) is 9.48. The fourth-order valence-corrected chi connectivity index (χ4v) is 2.19. The van der Waals surface area contributed by atoms with E-state index in [0.717, 1.165) is 30.6 Å². The number of nitrogens with zero attached hydrogens (tertiary/aromatic N) is 1. The Bertz CT molecular complexity index is 337. The molecule has 0 amide bonds. The van der Waals surface area contributed by atoms with E-state index in [1.54, 1.807) is 6.07 Å². The van der Waals surface area contributed by atoms with Crippen LogP contribution in [0.2, 0.25) is 0 Å². The molecule has 0 bridgehead atoms. The second kappa shape index (κ2) is 4.13. The van der Waals surface area contributed by atoms with Crippen LogP contribution in [0.4, 0.5) is 5.69 Å². The molecule has 2 heteroatoms. The van der Waals surface area contributed by atoms with Gasteiger partial charge in [-0.3, -0.25) is 0 Å². The quantitative estimate of drug-likeness (QED) is 0.762. The molecule has 0 aliphatic carbocycles. The molecule has 0 unspecified atom stereocenters. The molecule has 0 aromatic heterocycles. The standard InChI is InChI=1S/C13H19NO/c1-10-6-7-14(9-11(10)2)12-4-3-5-13(15)8-12/h3-5,8,10-11,15H,6-7,9H2,1-2H3/t10-,11-/m0/s1. The molecule has 2 nitrogen and oxygen atoms in total. The predicted molar refractivity (Wildman–Crippen MR) is 63.3 cm³/mol. The SMILES string of the molecule is C[C@H]1CCN(c2cccc(O)c2)C[C@@H]1C. The van der Waals surface area contributed by atoms with Crippen molar-refractivity contribution in [2.75, 3.05) is 18.0 Å². The monoisotopic (exact) mass is 205 g/mol. The van der Waals surface area contributed by atoms with E-state index < -0.39 is 0 Å². The third-order valence-corrected chi connectivity index (χ3v) is 3.53. The Balaban J connectivity index is 2.12. The van der Waals surface area contributed by atoms with E-state index in [2.05, 4.69) is 24.8 Å². The predicted octanol–water partition coefficient (Wildman–Crippen LogP) is 2.87. The third kappa shape index (κ3) is 2.25. The summed E-state index contributed by atoms with van der Waals surface area (Å²) in [6.07, 6.45) is 1.25. The summed E-state index contributed by atoms with van der Waals surface area (Å²) in [5.74, 6) is 1.92. The zero-order chi connectivity index (χ0) is 10.8. The first-order valence-electron chi connectivity index (χ1n) is 5.71. The van der Waals surface area contributed by atoms with Crippen LogP contribution in [0.15, 0.2) is 24.3 Å². The number of piperidine rings is 1. The molecule has 1 fully saturated rings. The second-order valence-electron chi connectivity index (χ2n) is 4.71. The Kier molecular flexibility index (Phi) is 2.85. The summed E-state index contributed by atoms with van der Waals surface area (Å²) in [5, 5.41) is 9.43. The minimum absolute atomic E-state index is 0.360. The van der Waals surface area contributed by atoms with Crippen LogP contribution in [-0.4, -0.2) is 18.2 Å². The maximum absolute atomic E-state index is 9.43. The summed E-state index contributed by atoms with van der Waals surface area (Å²) in [7, 11) is 0. The summed E-state index contributed by atoms with van der Waals surface area (Å²) in [5.41, 5.74) is 1.15. The molecule has 1 aliphatic rings. The van der Waals surface area contributed by atoms with Gasteiger partial charge in [0.15, 0.2) is 0 Å². The molecule has 1 N–H and O–H groups in total. The average Bonchev–Trinajstić information content (AvgIpc) is 2.22. The van der Waals surface area contributed by atoms with Crippen LogP contribution in [0, 0.1) is 11.8 Å². The van der Waals surface area contributed by atoms with Crippen LogP contribution in [-0.2, 0) is 0 Å². The average molecular weight is 205 g/mol. The van der Waals surface area contributed by atoms with Gasteiger partial charge in [-0.2, -0.15) is 0 Å². The number of anilines is 1. The van der Waals surface area contributed by atoms with Gasteiger partial charge in [0, 0.05) is 24.8 Å². The first-order valence-corrected chi connectivity index (χ1v) is 5.71. The van der Waals surface area contributed by atoms with Crippen molar-refractivity contribution in [2.45, 2.75) is 20.3 Å². The van der Waals surface area contributed by atoms with Crippen molar-refractivity contribution in [2.24, 2.45) is 11.8 Å². The van der Waals surface area contributed by atoms with E-state index in [1.807, 2.05) is 12.1 Å². The first-order chi connectivity index (χ1) is 7.16. The molecule has 1 aromatic rings. The van der Waals surface area contributed by atoms with E-state index in [-0.39, 0.29) is 0 Å². The van der Waals surface area contributed by atoms with E-state index in [0.29, 0.717) is 5.75 Å². The summed E-state index contributed by atoms with van der Waals surface area (Å²) in [6.45, 7) is 6.84. The number of hydrogen-bond donors (Lipinski definition) is 1. The molecule has 0 saturated carbocycles. The van der Waals surface area contributed by atoms with Crippen molar-refractivity contribution < 1.29 is 5.11 Å². The molecule has 1 heterocycles. The number of benzene rings is 1. The number of rotatable bonds is 1. The van der Waals surface area contributed by atoms with E-state index >= 15 is 0 Å². The largest absolute Gasteiger partial charge is 0.508 e. The Morgan fingerprint density at radius 2 is 2.07 bits per heavy atom. The van der Waals surface area contributed by atoms with Gasteiger partial charge in [-0.15, -0.1) is 0 Å². The molecular weight excluding hydrogens is 186 g/mol. The highest BCUT2D eigenvalue weighted by Crippen LogP contribution is 2.28. The lowest BCUT2D eigenvalue weighted by Crippen LogP contribution is -2.38. The maximum Gasteiger partial charge on any atom is 0.117 e. The highest BCUT2D eigenvalue weighted by molar-refractivity contribution is 5.50. The fourth-order valence-electron chi connectivity index (χ4n) is 2.19. The Morgan fingerprint density at radius 3 is 2.73 bits per heavy atom. The lowest BCUT2D eigenvalue weighted by atomic mass is 9.88. The van der Waals surface area contributed by atoms with E-state index in [4.69, 9.17) is 0 Å². The molecular formula is C13H19NO. The van der Waals surface area contributed by atoms with E-state index in [1.165, 1.54) is 6.42 Å². The zero-order valence-electron chi connectivity index (χ0n) is 9.48. The van der Waals surface area contributed by atoms with Crippen LogP contribution in [0.25, 0.3) is 0 Å². The Morgan fingerprint density at radius 1 is 1.27 bits per heavy atom. The highest BCUT2D eigenvalue weighted by atomic mass is 16.3. The number of hydrogen-bond acceptors (Lipinski definition) is 2. The lowest BCUT2D eigenvalue weighted by molar-refractivity contribution is 0.324. The smallest absolute Gasteiger partial charge is 0.117 e. The van der Waals surface area contributed by atoms with Crippen LogP contribution >= 0.6 is 0 Å². The molecule has 1 aromatic carbocycles. The van der Waals surface area contributed by atoms with Gasteiger partial charge in [-0.25, -0.2) is 0 Å². The Labute approximate surface area is 91.5 Å². The van der Waals surface area contributed by atoms with Gasteiger partial charge in [0.05, 0.1) is 0 Å². The van der Waals surface area contributed by atoms with Crippen molar-refractivity contribution in [3.63, 3.8) is 0 Å². The molecule has 1 saturated heterocycles. The molecule has 82 valence electrons. The number of phenolic OH excluding ortho intramolecular Hbond substituents is 1. The third-order valence-electron chi connectivity index (χ3n) is 3.53. The minimum Gasteiger partial charge on any atom is -0.508 e. The molecule has 0 spiro atoms. The number of phenols is 1. The summed E-state index contributed by atoms with van der Waals surface area (Å²) in [4.78, 5) is 2.37. The molecule has 1 aliphatic heterocycles. The molecule has 2 atom stereocenters. The summed E-state index contributed by atoms with van der Waals surface area (Å²) < 4.78 is 0. The van der Waals surface area contributed by atoms with Crippen molar-refractivity contribution in [1.29, 1.82) is 0 Å². The van der Waals surface area contributed by atoms with Crippen LogP contribution in [0.5, 0.6) is 5.75 Å². The minimum atomic E-state index is 0.360. The van der Waals surface area contributed by atoms with Gasteiger partial charge < -0.3 is 10.0 Å². The second-order valence-corrected chi connectivity index (χ2v) is 4.71. The maximum atomic E-state index is 9.43. The topological polar surface area (TPSA) is 23.5 Å². The van der Waals surface area contributed by atoms with Crippen molar-refractivity contribution in [3.05, 3.63) is 24.3 Å². The molecule has 0 radical (unpaired) electrons. The van der Waals surface area contributed by atoms with Gasteiger partial charge in [0.25, 0.3) is 0 Å². The van der Waals surface area contributed by atoms with Gasteiger partial charge in [0.2, 0.25) is 0 Å². The van der Waals surface area contributed by atoms with Crippen molar-refractivity contribution >= 4 is 5.69 Å². The van der Waals surface area contributed by atoms with Gasteiger partial charge >= 0.3 is 0 Å². The summed E-state index contributed by atoms with van der Waals surface area (Å²) in [6, 6.07) is 7.55. The van der Waals surface area contributed by atoms with Crippen molar-refractivity contribution in [1.82, 2.24) is 0 Å². The van der Waals surface area contributed by atoms with Gasteiger partial charge in [-0.05, 0) is 30.4 Å². The highest BCUT2D eigenvalue weighted by Gasteiger charge is 2.22. The first kappa shape index (κ1) is 10.3. The molecule has 2 rings (SSSR count). The molecule has 15 heavy (non-hydrogen) atoms. The van der Waals surface area contributed by atoms with Crippen molar-refractivity contribution in [3.8, 4) is 5.75 Å². The van der Waals surface area contributed by atoms with Crippen LogP contribution in [0.3, 0.4) is 0 Å². The lowest BCUT2D eigenvalue weighted by Gasteiger charge is -2.36. The number of aromatic hydroxyl groups is 1. The Hall–Kier alpha value is -1.18. The normalized spacial score (nSPS) is 26.7. The van der Waals surface area contributed by atoms with Gasteiger partial charge in [0.1, 0.15) is 5.75 Å². The summed E-state index contributed by atoms with van der Waals surface area (Å²) >= 11 is 0. The van der Waals surface area contributed by atoms with Crippen LogP contribution < -0.4 is 4.90 Å². The van der Waals surface area contributed by atoms with Crippen LogP contribution in [0.1, 0.15) is 20.3 Å². The van der Waals surface area contributed by atoms with Gasteiger partial charge in [-0.1, -0.05) is 19.9 Å². The fraction of sp³-hybridized carbons (Fsp3) is 0.538. The van der Waals surface area contributed by atoms with E-state index in [9.17, 15) is 5.11 Å².